The normalized spacial score (nSPS) is 17.6. The molecule has 0 aliphatic heterocycles. The molecule has 1 unspecified atom stereocenters. The highest BCUT2D eigenvalue weighted by Crippen LogP contribution is 2.20. The second-order valence-electron chi connectivity index (χ2n) is 5.54. The van der Waals surface area contributed by atoms with Crippen molar-refractivity contribution in [2.24, 2.45) is 5.92 Å². The van der Waals surface area contributed by atoms with Crippen LogP contribution >= 0.6 is 0 Å². The third kappa shape index (κ3) is 5.76. The van der Waals surface area contributed by atoms with Gasteiger partial charge < -0.3 is 10.1 Å². The zero-order valence-electron chi connectivity index (χ0n) is 13.3. The fourth-order valence-electron chi connectivity index (χ4n) is 2.59. The predicted molar refractivity (Wildman–Crippen MR) is 91.7 cm³/mol. The number of allylic oxidation sites excluding steroid dienone is 2. The Morgan fingerprint density at radius 1 is 1.36 bits per heavy atom. The number of carbonyl (C=O) groups is 1. The maximum absolute atomic E-state index is 11.2. The van der Waals surface area contributed by atoms with E-state index in [0.29, 0.717) is 6.61 Å². The first kappa shape index (κ1) is 16.3. The van der Waals surface area contributed by atoms with Gasteiger partial charge in [-0.25, -0.2) is 4.79 Å². The van der Waals surface area contributed by atoms with Gasteiger partial charge in [0.1, 0.15) is 0 Å². The second-order valence-corrected chi connectivity index (χ2v) is 5.54. The van der Waals surface area contributed by atoms with Gasteiger partial charge in [-0.05, 0) is 62.3 Å². The van der Waals surface area contributed by atoms with Crippen LogP contribution in [0.25, 0.3) is 6.08 Å². The summed E-state index contributed by atoms with van der Waals surface area (Å²) >= 11 is 0. The van der Waals surface area contributed by atoms with Crippen LogP contribution in [0.5, 0.6) is 0 Å². The number of anilines is 1. The van der Waals surface area contributed by atoms with Gasteiger partial charge in [0.2, 0.25) is 0 Å². The van der Waals surface area contributed by atoms with Crippen molar-refractivity contribution >= 4 is 17.7 Å². The van der Waals surface area contributed by atoms with Gasteiger partial charge in [-0.15, -0.1) is 0 Å². The molecule has 1 aromatic rings. The summed E-state index contributed by atoms with van der Waals surface area (Å²) in [5.41, 5.74) is 2.11. The first-order chi connectivity index (χ1) is 10.8. The van der Waals surface area contributed by atoms with Crippen molar-refractivity contribution in [1.29, 1.82) is 0 Å². The van der Waals surface area contributed by atoms with Crippen molar-refractivity contribution in [2.75, 3.05) is 18.5 Å². The van der Waals surface area contributed by atoms with Crippen LogP contribution in [0, 0.1) is 5.92 Å². The van der Waals surface area contributed by atoms with E-state index < -0.39 is 0 Å². The van der Waals surface area contributed by atoms with E-state index in [0.717, 1.165) is 23.7 Å². The third-order valence-electron chi connectivity index (χ3n) is 3.81. The minimum absolute atomic E-state index is 0.301. The highest BCUT2D eigenvalue weighted by Gasteiger charge is 2.07. The van der Waals surface area contributed by atoms with Crippen LogP contribution in [0.3, 0.4) is 0 Å². The maximum Gasteiger partial charge on any atom is 0.330 e. The highest BCUT2D eigenvalue weighted by molar-refractivity contribution is 5.87. The Bertz CT molecular complexity index is 517. The molecule has 1 atom stereocenters. The minimum Gasteiger partial charge on any atom is -0.463 e. The molecular formula is C19H25NO2. The molecule has 0 amide bonds. The molecular weight excluding hydrogens is 274 g/mol. The molecule has 0 radical (unpaired) electrons. The fourth-order valence-corrected chi connectivity index (χ4v) is 2.59. The molecule has 0 aromatic heterocycles. The Labute approximate surface area is 133 Å². The first-order valence-corrected chi connectivity index (χ1v) is 8.13. The SMILES string of the molecule is CCOC(=O)C=Cc1ccc(NCCC2C=CCCC2)cc1. The quantitative estimate of drug-likeness (QED) is 0.460. The number of carbonyl (C=O) groups excluding carboxylic acids is 1. The molecule has 3 nitrogen and oxygen atoms in total. The van der Waals surface area contributed by atoms with Crippen LogP contribution in [0.15, 0.2) is 42.5 Å². The van der Waals surface area contributed by atoms with E-state index >= 15 is 0 Å². The summed E-state index contributed by atoms with van der Waals surface area (Å²) in [5.74, 6) is 0.429. The third-order valence-corrected chi connectivity index (χ3v) is 3.81. The summed E-state index contributed by atoms with van der Waals surface area (Å²) in [5, 5.41) is 3.45. The fraction of sp³-hybridized carbons (Fsp3) is 0.421. The summed E-state index contributed by atoms with van der Waals surface area (Å²) in [6.07, 6.45) is 13.0. The Balaban J connectivity index is 1.75. The van der Waals surface area contributed by atoms with Crippen LogP contribution in [-0.4, -0.2) is 19.1 Å². The summed E-state index contributed by atoms with van der Waals surface area (Å²) in [6, 6.07) is 8.08. The van der Waals surface area contributed by atoms with Crippen LogP contribution in [0.2, 0.25) is 0 Å². The first-order valence-electron chi connectivity index (χ1n) is 8.13. The van der Waals surface area contributed by atoms with Crippen LogP contribution in [0.1, 0.15) is 38.2 Å². The number of hydrogen-bond donors (Lipinski definition) is 1. The molecule has 0 heterocycles. The summed E-state index contributed by atoms with van der Waals surface area (Å²) in [7, 11) is 0. The smallest absolute Gasteiger partial charge is 0.330 e. The number of ether oxygens (including phenoxy) is 1. The van der Waals surface area contributed by atoms with Gasteiger partial charge in [-0.1, -0.05) is 24.3 Å². The lowest BCUT2D eigenvalue weighted by Gasteiger charge is -2.16. The van der Waals surface area contributed by atoms with Crippen LogP contribution in [-0.2, 0) is 9.53 Å². The number of benzene rings is 1. The molecule has 0 bridgehead atoms. The van der Waals surface area contributed by atoms with E-state index in [1.165, 1.54) is 31.8 Å². The van der Waals surface area contributed by atoms with Gasteiger partial charge in [-0.2, -0.15) is 0 Å². The summed E-state index contributed by atoms with van der Waals surface area (Å²) in [4.78, 5) is 11.2. The lowest BCUT2D eigenvalue weighted by Crippen LogP contribution is -2.09. The largest absolute Gasteiger partial charge is 0.463 e. The van der Waals surface area contributed by atoms with Gasteiger partial charge in [0, 0.05) is 18.3 Å². The van der Waals surface area contributed by atoms with Gasteiger partial charge in [0.25, 0.3) is 0 Å². The van der Waals surface area contributed by atoms with E-state index in [1.54, 1.807) is 13.0 Å². The van der Waals surface area contributed by atoms with Crippen molar-refractivity contribution in [3.05, 3.63) is 48.1 Å². The van der Waals surface area contributed by atoms with Crippen molar-refractivity contribution < 1.29 is 9.53 Å². The van der Waals surface area contributed by atoms with E-state index in [-0.39, 0.29) is 5.97 Å². The summed E-state index contributed by atoms with van der Waals surface area (Å²) < 4.78 is 4.85. The van der Waals surface area contributed by atoms with Crippen molar-refractivity contribution in [1.82, 2.24) is 0 Å². The van der Waals surface area contributed by atoms with E-state index in [2.05, 4.69) is 17.5 Å². The highest BCUT2D eigenvalue weighted by atomic mass is 16.5. The molecule has 1 aliphatic carbocycles. The standard InChI is InChI=1S/C19H25NO2/c1-2-22-19(21)13-10-17-8-11-18(12-9-17)20-15-14-16-6-4-3-5-7-16/h4,6,8-13,16,20H,2-3,5,7,14-15H2,1H3. The number of hydrogen-bond acceptors (Lipinski definition) is 3. The molecule has 118 valence electrons. The second kappa shape index (κ2) is 9.08. The van der Waals surface area contributed by atoms with Gasteiger partial charge in [0.15, 0.2) is 0 Å². The monoisotopic (exact) mass is 299 g/mol. The molecule has 2 rings (SSSR count). The molecule has 0 saturated carbocycles. The van der Waals surface area contributed by atoms with Crippen molar-refractivity contribution in [2.45, 2.75) is 32.6 Å². The van der Waals surface area contributed by atoms with Crippen LogP contribution in [0.4, 0.5) is 5.69 Å². The van der Waals surface area contributed by atoms with Crippen LogP contribution < -0.4 is 5.32 Å². The molecule has 1 N–H and O–H groups in total. The Morgan fingerprint density at radius 2 is 2.18 bits per heavy atom. The number of esters is 1. The molecule has 22 heavy (non-hydrogen) atoms. The average molecular weight is 299 g/mol. The summed E-state index contributed by atoms with van der Waals surface area (Å²) in [6.45, 7) is 3.20. The van der Waals surface area contributed by atoms with E-state index in [1.807, 2.05) is 24.3 Å². The van der Waals surface area contributed by atoms with Crippen molar-refractivity contribution in [3.8, 4) is 0 Å². The Kier molecular flexibility index (Phi) is 6.75. The molecule has 1 aromatic carbocycles. The molecule has 0 saturated heterocycles. The Morgan fingerprint density at radius 3 is 2.86 bits per heavy atom. The topological polar surface area (TPSA) is 38.3 Å². The number of nitrogens with one attached hydrogen (secondary N) is 1. The lowest BCUT2D eigenvalue weighted by atomic mass is 9.93. The minimum atomic E-state index is -0.301. The van der Waals surface area contributed by atoms with Gasteiger partial charge in [0.05, 0.1) is 6.61 Å². The molecule has 3 heteroatoms. The predicted octanol–water partition coefficient (Wildman–Crippen LogP) is 4.42. The molecule has 1 aliphatic rings. The zero-order valence-corrected chi connectivity index (χ0v) is 13.3. The Hall–Kier alpha value is -2.03. The maximum atomic E-state index is 11.2. The number of rotatable bonds is 7. The van der Waals surface area contributed by atoms with Gasteiger partial charge >= 0.3 is 5.97 Å². The average Bonchev–Trinajstić information content (AvgIpc) is 2.55. The zero-order chi connectivity index (χ0) is 15.6. The molecule has 0 fully saturated rings. The molecule has 0 spiro atoms. The van der Waals surface area contributed by atoms with Gasteiger partial charge in [-0.3, -0.25) is 0 Å². The van der Waals surface area contributed by atoms with E-state index in [4.69, 9.17) is 4.74 Å². The lowest BCUT2D eigenvalue weighted by molar-refractivity contribution is -0.137. The van der Waals surface area contributed by atoms with E-state index in [9.17, 15) is 4.79 Å². The van der Waals surface area contributed by atoms with Crippen molar-refractivity contribution in [3.63, 3.8) is 0 Å².